The molecule has 1 unspecified atom stereocenters. The molecular formula is C16H25NO. The number of rotatable bonds is 6. The lowest BCUT2D eigenvalue weighted by Crippen LogP contribution is -2.23. The molecule has 1 aromatic carbocycles. The summed E-state index contributed by atoms with van der Waals surface area (Å²) in [6.45, 7) is 9.45. The molecule has 0 amide bonds. The Labute approximate surface area is 111 Å². The summed E-state index contributed by atoms with van der Waals surface area (Å²) in [4.78, 5) is 0. The van der Waals surface area contributed by atoms with Gasteiger partial charge in [0.2, 0.25) is 0 Å². The maximum Gasteiger partial charge on any atom is 0.0725 e. The highest BCUT2D eigenvalue weighted by atomic mass is 16.5. The normalized spacial score (nSPS) is 16.0. The standard InChI is InChI=1S/C16H25NO/c1-4-7-17-16(8-12(2)3)13-5-6-14-10-18-11-15(14)9-13/h5-6,9,12,16-17H,4,7-8,10-11H2,1-3H3. The van der Waals surface area contributed by atoms with E-state index >= 15 is 0 Å². The van der Waals surface area contributed by atoms with Gasteiger partial charge in [-0.2, -0.15) is 0 Å². The molecule has 2 heteroatoms. The van der Waals surface area contributed by atoms with Gasteiger partial charge in [-0.05, 0) is 42.0 Å². The predicted molar refractivity (Wildman–Crippen MR) is 75.4 cm³/mol. The zero-order valence-electron chi connectivity index (χ0n) is 11.8. The van der Waals surface area contributed by atoms with Crippen molar-refractivity contribution in [2.45, 2.75) is 52.9 Å². The third kappa shape index (κ3) is 3.33. The van der Waals surface area contributed by atoms with Gasteiger partial charge in [0, 0.05) is 6.04 Å². The van der Waals surface area contributed by atoms with Crippen LogP contribution in [0.4, 0.5) is 0 Å². The summed E-state index contributed by atoms with van der Waals surface area (Å²) in [5.41, 5.74) is 4.15. The van der Waals surface area contributed by atoms with Crippen LogP contribution in [0.3, 0.4) is 0 Å². The first-order chi connectivity index (χ1) is 8.70. The maximum atomic E-state index is 5.49. The van der Waals surface area contributed by atoms with Crippen LogP contribution in [0.15, 0.2) is 18.2 Å². The van der Waals surface area contributed by atoms with Crippen molar-refractivity contribution >= 4 is 0 Å². The topological polar surface area (TPSA) is 21.3 Å². The van der Waals surface area contributed by atoms with Crippen LogP contribution in [0.1, 0.15) is 56.3 Å². The molecule has 2 nitrogen and oxygen atoms in total. The Balaban J connectivity index is 2.13. The smallest absolute Gasteiger partial charge is 0.0725 e. The van der Waals surface area contributed by atoms with Crippen LogP contribution in [0.25, 0.3) is 0 Å². The summed E-state index contributed by atoms with van der Waals surface area (Å²) in [6, 6.07) is 7.32. The molecule has 18 heavy (non-hydrogen) atoms. The van der Waals surface area contributed by atoms with Gasteiger partial charge < -0.3 is 10.1 Å². The zero-order chi connectivity index (χ0) is 13.0. The van der Waals surface area contributed by atoms with E-state index < -0.39 is 0 Å². The van der Waals surface area contributed by atoms with Gasteiger partial charge in [-0.15, -0.1) is 0 Å². The van der Waals surface area contributed by atoms with Gasteiger partial charge in [-0.25, -0.2) is 0 Å². The zero-order valence-corrected chi connectivity index (χ0v) is 11.8. The quantitative estimate of drug-likeness (QED) is 0.825. The van der Waals surface area contributed by atoms with Crippen LogP contribution in [-0.4, -0.2) is 6.54 Å². The van der Waals surface area contributed by atoms with Gasteiger partial charge in [-0.3, -0.25) is 0 Å². The van der Waals surface area contributed by atoms with Gasteiger partial charge in [0.1, 0.15) is 0 Å². The Kier molecular flexibility index (Phi) is 4.79. The van der Waals surface area contributed by atoms with Crippen molar-refractivity contribution < 1.29 is 4.74 Å². The Bertz CT molecular complexity index is 387. The molecule has 0 spiro atoms. The van der Waals surface area contributed by atoms with Gasteiger partial charge in [0.05, 0.1) is 13.2 Å². The average Bonchev–Trinajstić information content (AvgIpc) is 2.81. The number of fused-ring (bicyclic) bond motifs is 1. The Morgan fingerprint density at radius 1 is 1.22 bits per heavy atom. The van der Waals surface area contributed by atoms with Crippen molar-refractivity contribution in [2.75, 3.05) is 6.54 Å². The summed E-state index contributed by atoms with van der Waals surface area (Å²) in [5.74, 6) is 0.712. The highest BCUT2D eigenvalue weighted by Crippen LogP contribution is 2.27. The fourth-order valence-electron chi connectivity index (χ4n) is 2.54. The molecule has 1 aromatic rings. The molecule has 100 valence electrons. The average molecular weight is 247 g/mol. The Hall–Kier alpha value is -0.860. The molecular weight excluding hydrogens is 222 g/mol. The summed E-state index contributed by atoms with van der Waals surface area (Å²) >= 11 is 0. The van der Waals surface area contributed by atoms with Crippen LogP contribution in [-0.2, 0) is 18.0 Å². The fourth-order valence-corrected chi connectivity index (χ4v) is 2.54. The van der Waals surface area contributed by atoms with Crippen LogP contribution in [0.2, 0.25) is 0 Å². The third-order valence-electron chi connectivity index (χ3n) is 3.50. The SMILES string of the molecule is CCCNC(CC(C)C)c1ccc2c(c1)COC2. The van der Waals surface area contributed by atoms with E-state index in [-0.39, 0.29) is 0 Å². The van der Waals surface area contributed by atoms with Crippen LogP contribution in [0, 0.1) is 5.92 Å². The third-order valence-corrected chi connectivity index (χ3v) is 3.50. The second-order valence-electron chi connectivity index (χ2n) is 5.66. The van der Waals surface area contributed by atoms with E-state index in [0.29, 0.717) is 12.0 Å². The Morgan fingerprint density at radius 2 is 2.00 bits per heavy atom. The number of nitrogens with one attached hydrogen (secondary N) is 1. The molecule has 2 rings (SSSR count). The molecule has 1 aliphatic heterocycles. The van der Waals surface area contributed by atoms with E-state index in [9.17, 15) is 0 Å². The monoisotopic (exact) mass is 247 g/mol. The fraction of sp³-hybridized carbons (Fsp3) is 0.625. The largest absolute Gasteiger partial charge is 0.372 e. The van der Waals surface area contributed by atoms with Crippen molar-refractivity contribution in [1.82, 2.24) is 5.32 Å². The second kappa shape index (κ2) is 6.35. The lowest BCUT2D eigenvalue weighted by Gasteiger charge is -2.21. The maximum absolute atomic E-state index is 5.49. The molecule has 1 N–H and O–H groups in total. The second-order valence-corrected chi connectivity index (χ2v) is 5.66. The first-order valence-electron chi connectivity index (χ1n) is 7.13. The molecule has 0 saturated carbocycles. The van der Waals surface area contributed by atoms with Crippen LogP contribution >= 0.6 is 0 Å². The summed E-state index contributed by atoms with van der Waals surface area (Å²) in [7, 11) is 0. The van der Waals surface area contributed by atoms with E-state index in [1.165, 1.54) is 29.5 Å². The minimum atomic E-state index is 0.482. The van der Waals surface area contributed by atoms with Gasteiger partial charge in [0.15, 0.2) is 0 Å². The molecule has 0 bridgehead atoms. The predicted octanol–water partition coefficient (Wildman–Crippen LogP) is 3.80. The van der Waals surface area contributed by atoms with Crippen LogP contribution in [0.5, 0.6) is 0 Å². The van der Waals surface area contributed by atoms with E-state index in [4.69, 9.17) is 4.74 Å². The lowest BCUT2D eigenvalue weighted by atomic mass is 9.94. The highest BCUT2D eigenvalue weighted by molar-refractivity contribution is 5.34. The van der Waals surface area contributed by atoms with Crippen molar-refractivity contribution in [2.24, 2.45) is 5.92 Å². The number of hydrogen-bond acceptors (Lipinski definition) is 2. The molecule has 1 heterocycles. The minimum absolute atomic E-state index is 0.482. The van der Waals surface area contributed by atoms with Crippen molar-refractivity contribution in [3.05, 3.63) is 34.9 Å². The van der Waals surface area contributed by atoms with E-state index in [2.05, 4.69) is 44.3 Å². The molecule has 0 radical (unpaired) electrons. The molecule has 1 atom stereocenters. The summed E-state index contributed by atoms with van der Waals surface area (Å²) in [6.07, 6.45) is 2.38. The molecule has 0 aliphatic carbocycles. The lowest BCUT2D eigenvalue weighted by molar-refractivity contribution is 0.134. The first-order valence-corrected chi connectivity index (χ1v) is 7.13. The van der Waals surface area contributed by atoms with Gasteiger partial charge in [0.25, 0.3) is 0 Å². The van der Waals surface area contributed by atoms with Crippen molar-refractivity contribution in [3.63, 3.8) is 0 Å². The van der Waals surface area contributed by atoms with E-state index in [0.717, 1.165) is 19.8 Å². The highest BCUT2D eigenvalue weighted by Gasteiger charge is 2.16. The molecule has 0 aromatic heterocycles. The van der Waals surface area contributed by atoms with Gasteiger partial charge in [-0.1, -0.05) is 39.0 Å². The van der Waals surface area contributed by atoms with Crippen molar-refractivity contribution in [1.29, 1.82) is 0 Å². The summed E-state index contributed by atoms with van der Waals surface area (Å²) in [5, 5.41) is 3.67. The van der Waals surface area contributed by atoms with E-state index in [1.54, 1.807) is 0 Å². The van der Waals surface area contributed by atoms with E-state index in [1.807, 2.05) is 0 Å². The molecule has 0 fully saturated rings. The number of ether oxygens (including phenoxy) is 1. The number of hydrogen-bond donors (Lipinski definition) is 1. The molecule has 0 saturated heterocycles. The first kappa shape index (κ1) is 13.6. The number of benzene rings is 1. The summed E-state index contributed by atoms with van der Waals surface area (Å²) < 4.78 is 5.49. The van der Waals surface area contributed by atoms with Crippen molar-refractivity contribution in [3.8, 4) is 0 Å². The van der Waals surface area contributed by atoms with Gasteiger partial charge >= 0.3 is 0 Å². The Morgan fingerprint density at radius 3 is 2.72 bits per heavy atom. The van der Waals surface area contributed by atoms with Crippen LogP contribution < -0.4 is 5.32 Å². The molecule has 1 aliphatic rings. The minimum Gasteiger partial charge on any atom is -0.372 e.